The molecule has 1 aromatic rings. The topological polar surface area (TPSA) is 80.7 Å². The fourth-order valence-corrected chi connectivity index (χ4v) is 2.32. The molecule has 0 saturated carbocycles. The molecule has 2 fully saturated rings. The summed E-state index contributed by atoms with van der Waals surface area (Å²) < 4.78 is 43.4. The van der Waals surface area contributed by atoms with Crippen LogP contribution in [0.4, 0.5) is 13.2 Å². The Morgan fingerprint density at radius 3 is 2.61 bits per heavy atom. The van der Waals surface area contributed by atoms with Crippen LogP contribution in [0.3, 0.4) is 0 Å². The zero-order valence-electron chi connectivity index (χ0n) is 12.2. The van der Waals surface area contributed by atoms with Crippen LogP contribution in [0, 0.1) is 0 Å². The molecule has 9 heteroatoms. The predicted octanol–water partition coefficient (Wildman–Crippen LogP) is 1.61. The minimum Gasteiger partial charge on any atom is -0.475 e. The van der Waals surface area contributed by atoms with Crippen molar-refractivity contribution in [3.05, 3.63) is 24.4 Å². The third-order valence-electron chi connectivity index (χ3n) is 3.51. The average molecular weight is 334 g/mol. The first-order chi connectivity index (χ1) is 10.8. The van der Waals surface area contributed by atoms with Gasteiger partial charge in [0.25, 0.3) is 0 Å². The van der Waals surface area contributed by atoms with Gasteiger partial charge in [-0.1, -0.05) is 6.07 Å². The summed E-state index contributed by atoms with van der Waals surface area (Å²) in [6.07, 6.45) is -1.16. The van der Waals surface area contributed by atoms with Crippen molar-refractivity contribution in [3.8, 4) is 5.88 Å². The molecule has 1 unspecified atom stereocenters. The fraction of sp³-hybridized carbons (Fsp3) is 0.571. The molecule has 3 rings (SSSR count). The van der Waals surface area contributed by atoms with Crippen LogP contribution in [0.25, 0.3) is 0 Å². The number of aromatic nitrogens is 1. The van der Waals surface area contributed by atoms with Crippen LogP contribution in [0.15, 0.2) is 24.4 Å². The molecule has 2 N–H and O–H groups in total. The first kappa shape index (κ1) is 17.5. The molecule has 6 nitrogen and oxygen atoms in total. The normalized spacial score (nSPS) is 22.5. The SMILES string of the molecule is O=C(O)C(F)(F)F.c1ccc(OC2CCOC3(CNC3)C2)nc1. The second-order valence-corrected chi connectivity index (χ2v) is 5.34. The molecule has 1 aromatic heterocycles. The molecule has 1 atom stereocenters. The van der Waals surface area contributed by atoms with E-state index >= 15 is 0 Å². The monoisotopic (exact) mass is 334 g/mol. The molecule has 0 bridgehead atoms. The van der Waals surface area contributed by atoms with Gasteiger partial charge in [0.15, 0.2) is 0 Å². The lowest BCUT2D eigenvalue weighted by atomic mass is 9.87. The zero-order chi connectivity index (χ0) is 16.9. The van der Waals surface area contributed by atoms with Crippen molar-refractivity contribution in [1.82, 2.24) is 10.3 Å². The highest BCUT2D eigenvalue weighted by molar-refractivity contribution is 5.73. The third kappa shape index (κ3) is 5.07. The minimum absolute atomic E-state index is 0.0394. The molecule has 2 saturated heterocycles. The average Bonchev–Trinajstić information content (AvgIpc) is 2.47. The van der Waals surface area contributed by atoms with E-state index < -0.39 is 12.1 Å². The van der Waals surface area contributed by atoms with Gasteiger partial charge in [0.1, 0.15) is 6.10 Å². The number of aliphatic carboxylic acids is 1. The Bertz CT molecular complexity index is 521. The highest BCUT2D eigenvalue weighted by atomic mass is 19.4. The van der Waals surface area contributed by atoms with Gasteiger partial charge in [-0.2, -0.15) is 13.2 Å². The molecule has 128 valence electrons. The zero-order valence-corrected chi connectivity index (χ0v) is 12.2. The van der Waals surface area contributed by atoms with E-state index in [1.807, 2.05) is 18.2 Å². The second-order valence-electron chi connectivity index (χ2n) is 5.34. The van der Waals surface area contributed by atoms with Crippen LogP contribution >= 0.6 is 0 Å². The molecule has 23 heavy (non-hydrogen) atoms. The fourth-order valence-electron chi connectivity index (χ4n) is 2.32. The summed E-state index contributed by atoms with van der Waals surface area (Å²) in [5.74, 6) is -2.04. The highest BCUT2D eigenvalue weighted by Crippen LogP contribution is 2.30. The van der Waals surface area contributed by atoms with Gasteiger partial charge in [0.05, 0.1) is 12.2 Å². The Morgan fingerprint density at radius 2 is 2.13 bits per heavy atom. The summed E-state index contributed by atoms with van der Waals surface area (Å²) in [5, 5.41) is 10.4. The molecule has 2 aliphatic heterocycles. The minimum atomic E-state index is -5.08. The first-order valence-electron chi connectivity index (χ1n) is 7.03. The predicted molar refractivity (Wildman–Crippen MR) is 73.1 cm³/mol. The Labute approximate surface area is 130 Å². The van der Waals surface area contributed by atoms with Gasteiger partial charge in [-0.05, 0) is 6.07 Å². The van der Waals surface area contributed by atoms with Gasteiger partial charge < -0.3 is 19.9 Å². The van der Waals surface area contributed by atoms with Crippen LogP contribution in [0.5, 0.6) is 5.88 Å². The third-order valence-corrected chi connectivity index (χ3v) is 3.51. The Hall–Kier alpha value is -1.87. The molecule has 2 aliphatic rings. The van der Waals surface area contributed by atoms with Crippen molar-refractivity contribution in [1.29, 1.82) is 0 Å². The summed E-state index contributed by atoms with van der Waals surface area (Å²) >= 11 is 0. The van der Waals surface area contributed by atoms with Gasteiger partial charge in [-0.15, -0.1) is 0 Å². The Kier molecular flexibility index (Phi) is 5.42. The van der Waals surface area contributed by atoms with Crippen LogP contribution in [-0.2, 0) is 9.53 Å². The number of carboxylic acids is 1. The lowest BCUT2D eigenvalue weighted by Crippen LogP contribution is -2.64. The number of ether oxygens (including phenoxy) is 2. The molecule has 3 heterocycles. The largest absolute Gasteiger partial charge is 0.490 e. The van der Waals surface area contributed by atoms with Crippen LogP contribution in [0.1, 0.15) is 12.8 Å². The second kappa shape index (κ2) is 7.14. The number of pyridine rings is 1. The summed E-state index contributed by atoms with van der Waals surface area (Å²) in [5.41, 5.74) is 0.0394. The number of nitrogens with zero attached hydrogens (tertiary/aromatic N) is 1. The maximum atomic E-state index is 10.6. The number of carboxylic acid groups (broad SMARTS) is 1. The maximum absolute atomic E-state index is 10.6. The number of hydrogen-bond donors (Lipinski definition) is 2. The maximum Gasteiger partial charge on any atom is 0.490 e. The van der Waals surface area contributed by atoms with Crippen LogP contribution < -0.4 is 10.1 Å². The quantitative estimate of drug-likeness (QED) is 0.855. The van der Waals surface area contributed by atoms with E-state index in [1.54, 1.807) is 6.20 Å². The molecule has 0 amide bonds. The lowest BCUT2D eigenvalue weighted by Gasteiger charge is -2.47. The van der Waals surface area contributed by atoms with E-state index in [0.29, 0.717) is 0 Å². The van der Waals surface area contributed by atoms with Crippen molar-refractivity contribution in [2.45, 2.75) is 30.7 Å². The van der Waals surface area contributed by atoms with Gasteiger partial charge in [0, 0.05) is 38.2 Å². The number of halogens is 3. The smallest absolute Gasteiger partial charge is 0.475 e. The molecule has 0 radical (unpaired) electrons. The van der Waals surface area contributed by atoms with E-state index in [0.717, 1.165) is 38.4 Å². The summed E-state index contributed by atoms with van der Waals surface area (Å²) in [6, 6.07) is 5.75. The summed E-state index contributed by atoms with van der Waals surface area (Å²) in [4.78, 5) is 13.1. The van der Waals surface area contributed by atoms with Crippen molar-refractivity contribution in [3.63, 3.8) is 0 Å². The lowest BCUT2D eigenvalue weighted by molar-refractivity contribution is -0.192. The van der Waals surface area contributed by atoms with E-state index in [-0.39, 0.29) is 11.7 Å². The molecule has 1 spiro atoms. The number of carbonyl (C=O) groups is 1. The Balaban J connectivity index is 0.000000236. The van der Waals surface area contributed by atoms with E-state index in [4.69, 9.17) is 19.4 Å². The summed E-state index contributed by atoms with van der Waals surface area (Å²) in [7, 11) is 0. The van der Waals surface area contributed by atoms with Crippen molar-refractivity contribution >= 4 is 5.97 Å². The number of alkyl halides is 3. The molecule has 0 aromatic carbocycles. The molecular formula is C14H17F3N2O4. The van der Waals surface area contributed by atoms with Crippen LogP contribution in [-0.4, -0.2) is 53.6 Å². The van der Waals surface area contributed by atoms with Gasteiger partial charge in [0.2, 0.25) is 5.88 Å². The number of hydrogen-bond acceptors (Lipinski definition) is 5. The standard InChI is InChI=1S/C12H16N2O2.C2HF3O2/c1-2-5-14-11(3-1)16-10-4-6-15-12(7-10)8-13-9-12;3-2(4,5)1(6)7/h1-3,5,10,13H,4,6-9H2;(H,6,7). The summed E-state index contributed by atoms with van der Waals surface area (Å²) in [6.45, 7) is 2.70. The van der Waals surface area contributed by atoms with E-state index in [9.17, 15) is 13.2 Å². The Morgan fingerprint density at radius 1 is 1.43 bits per heavy atom. The molecule has 0 aliphatic carbocycles. The molecular weight excluding hydrogens is 317 g/mol. The number of rotatable bonds is 2. The van der Waals surface area contributed by atoms with Gasteiger partial charge >= 0.3 is 12.1 Å². The van der Waals surface area contributed by atoms with Crippen molar-refractivity contribution in [2.75, 3.05) is 19.7 Å². The van der Waals surface area contributed by atoms with Crippen LogP contribution in [0.2, 0.25) is 0 Å². The van der Waals surface area contributed by atoms with E-state index in [2.05, 4.69) is 10.3 Å². The highest BCUT2D eigenvalue weighted by Gasteiger charge is 2.43. The van der Waals surface area contributed by atoms with Crippen molar-refractivity contribution < 1.29 is 32.5 Å². The van der Waals surface area contributed by atoms with Crippen molar-refractivity contribution in [2.24, 2.45) is 0 Å². The van der Waals surface area contributed by atoms with E-state index in [1.165, 1.54) is 0 Å². The van der Waals surface area contributed by atoms with Gasteiger partial charge in [-0.3, -0.25) is 0 Å². The first-order valence-corrected chi connectivity index (χ1v) is 7.03. The van der Waals surface area contributed by atoms with Gasteiger partial charge in [-0.25, -0.2) is 9.78 Å². The number of nitrogens with one attached hydrogen (secondary N) is 1.